The van der Waals surface area contributed by atoms with Gasteiger partial charge in [-0.05, 0) is 35.9 Å². The topological polar surface area (TPSA) is 48.0 Å². The van der Waals surface area contributed by atoms with Gasteiger partial charge in [0, 0.05) is 30.8 Å². The highest BCUT2D eigenvalue weighted by Gasteiger charge is 2.14. The number of carbonyl (C=O) groups is 1. The van der Waals surface area contributed by atoms with Gasteiger partial charge in [-0.15, -0.1) is 0 Å². The van der Waals surface area contributed by atoms with Gasteiger partial charge in [-0.25, -0.2) is 0 Å². The maximum absolute atomic E-state index is 12.4. The van der Waals surface area contributed by atoms with Crippen molar-refractivity contribution in [3.63, 3.8) is 0 Å². The summed E-state index contributed by atoms with van der Waals surface area (Å²) < 4.78 is 39.9. The highest BCUT2D eigenvalue weighted by Crippen LogP contribution is 2.23. The number of hydrogen-bond donors (Lipinski definition) is 0. The van der Waals surface area contributed by atoms with Crippen LogP contribution >= 0.6 is 0 Å². The van der Waals surface area contributed by atoms with Crippen molar-refractivity contribution in [2.45, 2.75) is 13.2 Å². The van der Waals surface area contributed by atoms with Gasteiger partial charge < -0.3 is 14.2 Å². The summed E-state index contributed by atoms with van der Waals surface area (Å²) >= 11 is 0. The smallest absolute Gasteiger partial charge is 0.387 e. The van der Waals surface area contributed by atoms with Gasteiger partial charge in [-0.2, -0.15) is 8.78 Å². The molecule has 1 saturated heterocycles. The van der Waals surface area contributed by atoms with Crippen LogP contribution in [0.4, 0.5) is 8.78 Å². The number of methoxy groups -OCH3 is 1. The molecule has 0 aliphatic carbocycles. The van der Waals surface area contributed by atoms with Gasteiger partial charge in [0.1, 0.15) is 11.5 Å². The molecule has 1 heterocycles. The van der Waals surface area contributed by atoms with E-state index in [0.717, 1.165) is 36.5 Å². The minimum Gasteiger partial charge on any atom is -0.496 e. The number of alkyl halides is 2. The van der Waals surface area contributed by atoms with Crippen molar-refractivity contribution >= 4 is 11.9 Å². The second-order valence-electron chi connectivity index (χ2n) is 6.56. The number of rotatable bonds is 8. The molecule has 0 unspecified atom stereocenters. The van der Waals surface area contributed by atoms with E-state index in [0.29, 0.717) is 13.2 Å². The first-order chi connectivity index (χ1) is 14.0. The van der Waals surface area contributed by atoms with E-state index in [1.54, 1.807) is 19.3 Å². The fourth-order valence-electron chi connectivity index (χ4n) is 3.12. The Bertz CT molecular complexity index is 864. The van der Waals surface area contributed by atoms with Gasteiger partial charge in [-0.1, -0.05) is 24.3 Å². The predicted molar refractivity (Wildman–Crippen MR) is 106 cm³/mol. The summed E-state index contributed by atoms with van der Waals surface area (Å²) in [5, 5.41) is 0. The predicted octanol–water partition coefficient (Wildman–Crippen LogP) is 4.02. The Morgan fingerprint density at radius 1 is 1.21 bits per heavy atom. The van der Waals surface area contributed by atoms with E-state index in [4.69, 9.17) is 9.47 Å². The standard InChI is InChI=1S/C22H23F2NO4/c1-27-21-8-6-16(13-18(21)15-25-9-11-28-12-10-25)5-7-20(26)17-3-2-4-19(14-17)29-22(23)24/h2-8,13-14,22H,9-12,15H2,1H3/b7-5+. The first-order valence-electron chi connectivity index (χ1n) is 9.29. The molecule has 0 bridgehead atoms. The number of carbonyl (C=O) groups excluding carboxylic acids is 1. The lowest BCUT2D eigenvalue weighted by atomic mass is 10.1. The Morgan fingerprint density at radius 3 is 2.72 bits per heavy atom. The van der Waals surface area contributed by atoms with Crippen LogP contribution in [-0.4, -0.2) is 50.7 Å². The lowest BCUT2D eigenvalue weighted by Gasteiger charge is -2.27. The van der Waals surface area contributed by atoms with Gasteiger partial charge in [0.25, 0.3) is 0 Å². The van der Waals surface area contributed by atoms with Crippen molar-refractivity contribution in [3.8, 4) is 11.5 Å². The molecule has 7 heteroatoms. The molecule has 1 aliphatic heterocycles. The van der Waals surface area contributed by atoms with Crippen LogP contribution in [0.5, 0.6) is 11.5 Å². The summed E-state index contributed by atoms with van der Waals surface area (Å²) in [6, 6.07) is 11.5. The summed E-state index contributed by atoms with van der Waals surface area (Å²) in [5.41, 5.74) is 2.15. The number of nitrogens with zero attached hydrogens (tertiary/aromatic N) is 1. The summed E-state index contributed by atoms with van der Waals surface area (Å²) in [6.07, 6.45) is 3.12. The van der Waals surface area contributed by atoms with Gasteiger partial charge in [0.15, 0.2) is 5.78 Å². The number of allylic oxidation sites excluding steroid dienone is 1. The first-order valence-corrected chi connectivity index (χ1v) is 9.29. The third-order valence-corrected chi connectivity index (χ3v) is 4.57. The van der Waals surface area contributed by atoms with Crippen LogP contribution in [0.1, 0.15) is 21.5 Å². The van der Waals surface area contributed by atoms with E-state index in [9.17, 15) is 13.6 Å². The minimum atomic E-state index is -2.93. The van der Waals surface area contributed by atoms with Crippen LogP contribution in [0.3, 0.4) is 0 Å². The molecule has 0 N–H and O–H groups in total. The number of morpholine rings is 1. The molecule has 2 aromatic carbocycles. The summed E-state index contributed by atoms with van der Waals surface area (Å²) in [6.45, 7) is 0.947. The third kappa shape index (κ3) is 6.10. The molecule has 2 aromatic rings. The fraction of sp³-hybridized carbons (Fsp3) is 0.318. The Balaban J connectivity index is 1.72. The Kier molecular flexibility index (Phi) is 7.32. The molecule has 0 aromatic heterocycles. The van der Waals surface area contributed by atoms with Crippen LogP contribution in [0.15, 0.2) is 48.5 Å². The van der Waals surface area contributed by atoms with Crippen molar-refractivity contribution in [3.05, 3.63) is 65.2 Å². The van der Waals surface area contributed by atoms with Crippen LogP contribution in [0.2, 0.25) is 0 Å². The number of ketones is 1. The van der Waals surface area contributed by atoms with Crippen molar-refractivity contribution in [1.29, 1.82) is 0 Å². The van der Waals surface area contributed by atoms with Crippen LogP contribution < -0.4 is 9.47 Å². The third-order valence-electron chi connectivity index (χ3n) is 4.57. The molecule has 0 saturated carbocycles. The van der Waals surface area contributed by atoms with Gasteiger partial charge >= 0.3 is 6.61 Å². The molecule has 1 fully saturated rings. The van der Waals surface area contributed by atoms with E-state index < -0.39 is 6.61 Å². The second-order valence-corrected chi connectivity index (χ2v) is 6.56. The van der Waals surface area contributed by atoms with Crippen molar-refractivity contribution < 1.29 is 27.8 Å². The zero-order chi connectivity index (χ0) is 20.6. The SMILES string of the molecule is COc1ccc(/C=C/C(=O)c2cccc(OC(F)F)c2)cc1CN1CCOCC1. The average Bonchev–Trinajstić information content (AvgIpc) is 2.72. The van der Waals surface area contributed by atoms with E-state index in [1.165, 1.54) is 24.3 Å². The molecular weight excluding hydrogens is 380 g/mol. The summed E-state index contributed by atoms with van der Waals surface area (Å²) in [5.74, 6) is 0.448. The summed E-state index contributed by atoms with van der Waals surface area (Å²) in [7, 11) is 1.63. The molecular formula is C22H23F2NO4. The molecule has 0 atom stereocenters. The lowest BCUT2D eigenvalue weighted by molar-refractivity contribution is -0.0498. The first kappa shape index (κ1) is 21.0. The largest absolute Gasteiger partial charge is 0.496 e. The van der Waals surface area contributed by atoms with Crippen LogP contribution in [0.25, 0.3) is 6.08 Å². The van der Waals surface area contributed by atoms with Crippen molar-refractivity contribution in [1.82, 2.24) is 4.90 Å². The molecule has 0 amide bonds. The zero-order valence-electron chi connectivity index (χ0n) is 16.1. The second kappa shape index (κ2) is 10.1. The van der Waals surface area contributed by atoms with Crippen LogP contribution in [0, 0.1) is 0 Å². The highest BCUT2D eigenvalue weighted by atomic mass is 19.3. The Morgan fingerprint density at radius 2 is 2.00 bits per heavy atom. The number of hydrogen-bond acceptors (Lipinski definition) is 5. The maximum atomic E-state index is 12.4. The van der Waals surface area contributed by atoms with Crippen LogP contribution in [-0.2, 0) is 11.3 Å². The maximum Gasteiger partial charge on any atom is 0.387 e. The normalized spacial score (nSPS) is 15.0. The Labute approximate surface area is 168 Å². The number of benzene rings is 2. The minimum absolute atomic E-state index is 0.0449. The number of ether oxygens (including phenoxy) is 3. The summed E-state index contributed by atoms with van der Waals surface area (Å²) in [4.78, 5) is 14.7. The van der Waals surface area contributed by atoms with Gasteiger partial charge in [0.05, 0.1) is 20.3 Å². The van der Waals surface area contributed by atoms with Crippen molar-refractivity contribution in [2.75, 3.05) is 33.4 Å². The monoisotopic (exact) mass is 403 g/mol. The highest BCUT2D eigenvalue weighted by molar-refractivity contribution is 6.07. The molecule has 5 nitrogen and oxygen atoms in total. The molecule has 0 radical (unpaired) electrons. The van der Waals surface area contributed by atoms with E-state index in [2.05, 4.69) is 9.64 Å². The molecule has 0 spiro atoms. The fourth-order valence-corrected chi connectivity index (χ4v) is 3.12. The van der Waals surface area contributed by atoms with E-state index in [-0.39, 0.29) is 17.1 Å². The molecule has 154 valence electrons. The molecule has 29 heavy (non-hydrogen) atoms. The van der Waals surface area contributed by atoms with Crippen molar-refractivity contribution in [2.24, 2.45) is 0 Å². The molecule has 1 aliphatic rings. The van der Waals surface area contributed by atoms with Gasteiger partial charge in [0.2, 0.25) is 0 Å². The lowest BCUT2D eigenvalue weighted by Crippen LogP contribution is -2.35. The average molecular weight is 403 g/mol. The quantitative estimate of drug-likeness (QED) is 0.492. The van der Waals surface area contributed by atoms with E-state index in [1.807, 2.05) is 18.2 Å². The zero-order valence-corrected chi connectivity index (χ0v) is 16.1. The number of halogens is 2. The molecule has 3 rings (SSSR count). The Hall–Kier alpha value is -2.77. The van der Waals surface area contributed by atoms with Gasteiger partial charge in [-0.3, -0.25) is 9.69 Å². The van der Waals surface area contributed by atoms with E-state index >= 15 is 0 Å².